The third-order valence-corrected chi connectivity index (χ3v) is 3.80. The monoisotopic (exact) mass is 237 g/mol. The Balaban J connectivity index is 2.14. The van der Waals surface area contributed by atoms with Crippen LogP contribution in [0.3, 0.4) is 0 Å². The van der Waals surface area contributed by atoms with E-state index in [2.05, 4.69) is 13.8 Å². The molecule has 3 heteroatoms. The summed E-state index contributed by atoms with van der Waals surface area (Å²) >= 11 is 0. The molecule has 0 bridgehead atoms. The number of hydrogen-bond donors (Lipinski definition) is 1. The van der Waals surface area contributed by atoms with Gasteiger partial charge in [-0.3, -0.25) is 0 Å². The van der Waals surface area contributed by atoms with Gasteiger partial charge in [-0.25, -0.2) is 4.39 Å². The maximum absolute atomic E-state index is 13.2. The molecule has 0 radical (unpaired) electrons. The average molecular weight is 237 g/mol. The van der Waals surface area contributed by atoms with E-state index in [9.17, 15) is 4.39 Å². The van der Waals surface area contributed by atoms with Gasteiger partial charge in [-0.15, -0.1) is 0 Å². The molecule has 0 heterocycles. The van der Waals surface area contributed by atoms with Crippen LogP contribution in [0.5, 0.6) is 5.75 Å². The van der Waals surface area contributed by atoms with E-state index in [-0.39, 0.29) is 23.4 Å². The van der Waals surface area contributed by atoms with Crippen LogP contribution in [0.1, 0.15) is 32.3 Å². The molecule has 2 N–H and O–H groups in total. The van der Waals surface area contributed by atoms with Gasteiger partial charge in [-0.05, 0) is 36.8 Å². The summed E-state index contributed by atoms with van der Waals surface area (Å²) in [4.78, 5) is 0. The Kier molecular flexibility index (Phi) is 3.13. The maximum atomic E-state index is 13.2. The quantitative estimate of drug-likeness (QED) is 0.858. The molecule has 0 aliphatic heterocycles. The summed E-state index contributed by atoms with van der Waals surface area (Å²) in [6.07, 6.45) is 1.97. The molecule has 0 amide bonds. The van der Waals surface area contributed by atoms with E-state index < -0.39 is 0 Å². The van der Waals surface area contributed by atoms with Crippen LogP contribution in [0.15, 0.2) is 18.2 Å². The molecule has 1 aromatic rings. The van der Waals surface area contributed by atoms with Gasteiger partial charge in [0.1, 0.15) is 17.7 Å². The molecule has 1 aliphatic rings. The molecule has 1 saturated carbocycles. The third kappa shape index (κ3) is 2.44. The van der Waals surface area contributed by atoms with Gasteiger partial charge in [0.15, 0.2) is 0 Å². The van der Waals surface area contributed by atoms with E-state index in [4.69, 9.17) is 10.5 Å². The lowest BCUT2D eigenvalue weighted by Gasteiger charge is -2.27. The molecule has 1 aliphatic carbocycles. The summed E-state index contributed by atoms with van der Waals surface area (Å²) in [5, 5.41) is 0. The normalized spacial score (nSPS) is 27.1. The van der Waals surface area contributed by atoms with Crippen molar-refractivity contribution in [2.75, 3.05) is 0 Å². The summed E-state index contributed by atoms with van der Waals surface area (Å²) in [5.74, 6) is 0.347. The smallest absolute Gasteiger partial charge is 0.126 e. The van der Waals surface area contributed by atoms with E-state index in [0.717, 1.165) is 18.4 Å². The van der Waals surface area contributed by atoms with Crippen LogP contribution in [-0.2, 0) is 0 Å². The molecule has 2 rings (SSSR count). The van der Waals surface area contributed by atoms with Gasteiger partial charge >= 0.3 is 0 Å². The summed E-state index contributed by atoms with van der Waals surface area (Å²) in [6, 6.07) is 4.62. The van der Waals surface area contributed by atoms with Crippen LogP contribution < -0.4 is 10.5 Å². The van der Waals surface area contributed by atoms with Crippen molar-refractivity contribution < 1.29 is 9.13 Å². The molecular formula is C14H20FNO. The van der Waals surface area contributed by atoms with Gasteiger partial charge < -0.3 is 10.5 Å². The standard InChI is InChI=1S/C14H20FNO/c1-9-4-5-10(15)8-12(9)17-11-6-7-14(2,3)13(11)16/h4-5,8,11,13H,6-7,16H2,1-3H3. The number of nitrogens with two attached hydrogens (primary N) is 1. The molecule has 1 fully saturated rings. The van der Waals surface area contributed by atoms with E-state index in [0.29, 0.717) is 5.75 Å². The maximum Gasteiger partial charge on any atom is 0.126 e. The lowest BCUT2D eigenvalue weighted by atomic mass is 9.88. The van der Waals surface area contributed by atoms with Gasteiger partial charge in [0.05, 0.1) is 0 Å². The Morgan fingerprint density at radius 2 is 2.12 bits per heavy atom. The van der Waals surface area contributed by atoms with Crippen molar-refractivity contribution in [3.05, 3.63) is 29.6 Å². The summed E-state index contributed by atoms with van der Waals surface area (Å²) < 4.78 is 19.0. The number of ether oxygens (including phenoxy) is 1. The van der Waals surface area contributed by atoms with Crippen LogP contribution in [0, 0.1) is 18.2 Å². The first-order valence-corrected chi connectivity index (χ1v) is 6.08. The minimum Gasteiger partial charge on any atom is -0.488 e. The predicted octanol–water partition coefficient (Wildman–Crippen LogP) is 3.03. The highest BCUT2D eigenvalue weighted by atomic mass is 19.1. The zero-order valence-corrected chi connectivity index (χ0v) is 10.7. The third-order valence-electron chi connectivity index (χ3n) is 3.80. The molecule has 2 nitrogen and oxygen atoms in total. The average Bonchev–Trinajstić information content (AvgIpc) is 2.51. The first kappa shape index (κ1) is 12.4. The second-order valence-electron chi connectivity index (χ2n) is 5.62. The SMILES string of the molecule is Cc1ccc(F)cc1OC1CCC(C)(C)C1N. The molecular weight excluding hydrogens is 217 g/mol. The van der Waals surface area contributed by atoms with Crippen LogP contribution in [0.4, 0.5) is 4.39 Å². The van der Waals surface area contributed by atoms with E-state index in [1.54, 1.807) is 6.07 Å². The van der Waals surface area contributed by atoms with Crippen molar-refractivity contribution in [2.24, 2.45) is 11.1 Å². The second-order valence-corrected chi connectivity index (χ2v) is 5.62. The van der Waals surface area contributed by atoms with Crippen molar-refractivity contribution in [1.29, 1.82) is 0 Å². The van der Waals surface area contributed by atoms with Crippen molar-refractivity contribution >= 4 is 0 Å². The van der Waals surface area contributed by atoms with Crippen LogP contribution in [0.2, 0.25) is 0 Å². The topological polar surface area (TPSA) is 35.2 Å². The van der Waals surface area contributed by atoms with E-state index in [1.807, 2.05) is 6.92 Å². The molecule has 94 valence electrons. The minimum absolute atomic E-state index is 0.00478. The predicted molar refractivity (Wildman–Crippen MR) is 66.5 cm³/mol. The minimum atomic E-state index is -0.267. The lowest BCUT2D eigenvalue weighted by molar-refractivity contribution is 0.163. The first-order chi connectivity index (χ1) is 7.90. The summed E-state index contributed by atoms with van der Waals surface area (Å²) in [7, 11) is 0. The Bertz CT molecular complexity index is 417. The van der Waals surface area contributed by atoms with Crippen LogP contribution >= 0.6 is 0 Å². The number of rotatable bonds is 2. The van der Waals surface area contributed by atoms with Crippen molar-refractivity contribution in [3.63, 3.8) is 0 Å². The Hall–Kier alpha value is -1.09. The van der Waals surface area contributed by atoms with Gasteiger partial charge in [0.2, 0.25) is 0 Å². The van der Waals surface area contributed by atoms with Gasteiger partial charge in [-0.1, -0.05) is 19.9 Å². The molecule has 0 aromatic heterocycles. The molecule has 17 heavy (non-hydrogen) atoms. The molecule has 1 aromatic carbocycles. The van der Waals surface area contributed by atoms with Crippen molar-refractivity contribution in [3.8, 4) is 5.75 Å². The largest absolute Gasteiger partial charge is 0.488 e. The summed E-state index contributed by atoms with van der Waals surface area (Å²) in [5.41, 5.74) is 7.22. The second kappa shape index (κ2) is 4.30. The van der Waals surface area contributed by atoms with E-state index in [1.165, 1.54) is 12.1 Å². The fraction of sp³-hybridized carbons (Fsp3) is 0.571. The fourth-order valence-electron chi connectivity index (χ4n) is 2.36. The van der Waals surface area contributed by atoms with Crippen LogP contribution in [-0.4, -0.2) is 12.1 Å². The first-order valence-electron chi connectivity index (χ1n) is 6.08. The molecule has 0 spiro atoms. The number of aryl methyl sites for hydroxylation is 1. The van der Waals surface area contributed by atoms with Crippen LogP contribution in [0.25, 0.3) is 0 Å². The lowest BCUT2D eigenvalue weighted by Crippen LogP contribution is -2.42. The Morgan fingerprint density at radius 1 is 1.41 bits per heavy atom. The van der Waals surface area contributed by atoms with Gasteiger partial charge in [0.25, 0.3) is 0 Å². The molecule has 0 saturated heterocycles. The van der Waals surface area contributed by atoms with E-state index >= 15 is 0 Å². The van der Waals surface area contributed by atoms with Crippen molar-refractivity contribution in [1.82, 2.24) is 0 Å². The highest BCUT2D eigenvalue weighted by Crippen LogP contribution is 2.38. The zero-order chi connectivity index (χ0) is 12.6. The Labute approximate surface area is 102 Å². The Morgan fingerprint density at radius 3 is 2.71 bits per heavy atom. The number of benzene rings is 1. The highest BCUT2D eigenvalue weighted by molar-refractivity contribution is 5.33. The van der Waals surface area contributed by atoms with Gasteiger partial charge in [-0.2, -0.15) is 0 Å². The highest BCUT2D eigenvalue weighted by Gasteiger charge is 2.40. The fourth-order valence-corrected chi connectivity index (χ4v) is 2.36. The number of hydrogen-bond acceptors (Lipinski definition) is 2. The van der Waals surface area contributed by atoms with Crippen molar-refractivity contribution in [2.45, 2.75) is 45.8 Å². The molecule has 2 unspecified atom stereocenters. The summed E-state index contributed by atoms with van der Waals surface area (Å²) in [6.45, 7) is 6.22. The zero-order valence-electron chi connectivity index (χ0n) is 10.7. The number of halogens is 1. The molecule has 2 atom stereocenters. The van der Waals surface area contributed by atoms with Gasteiger partial charge in [0, 0.05) is 12.1 Å².